The van der Waals surface area contributed by atoms with Crippen molar-refractivity contribution in [2.45, 2.75) is 64.9 Å². The van der Waals surface area contributed by atoms with Gasteiger partial charge >= 0.3 is 0 Å². The van der Waals surface area contributed by atoms with Gasteiger partial charge in [-0.3, -0.25) is 8.42 Å². The van der Waals surface area contributed by atoms with Crippen molar-refractivity contribution < 1.29 is 8.42 Å². The predicted molar refractivity (Wildman–Crippen MR) is 76.9 cm³/mol. The molecule has 0 spiro atoms. The van der Waals surface area contributed by atoms with Crippen molar-refractivity contribution in [2.24, 2.45) is 0 Å². The molecule has 0 aliphatic heterocycles. The number of rotatable bonds is 6. The SMILES string of the molecule is CCCS(=O)C(C)C.CCCS(=O)C(C)C. The van der Waals surface area contributed by atoms with E-state index in [1.54, 1.807) is 0 Å². The molecule has 0 aliphatic carbocycles. The summed E-state index contributed by atoms with van der Waals surface area (Å²) in [6.07, 6.45) is 2.07. The second-order valence-corrected chi connectivity index (χ2v) is 8.49. The Balaban J connectivity index is 0. The molecule has 0 N–H and O–H groups in total. The van der Waals surface area contributed by atoms with E-state index in [1.807, 2.05) is 27.7 Å². The highest BCUT2D eigenvalue weighted by Gasteiger charge is 2.01. The van der Waals surface area contributed by atoms with Crippen LogP contribution in [0.1, 0.15) is 54.4 Å². The van der Waals surface area contributed by atoms with E-state index in [2.05, 4.69) is 13.8 Å². The third-order valence-electron chi connectivity index (χ3n) is 1.86. The van der Waals surface area contributed by atoms with Crippen molar-refractivity contribution in [2.75, 3.05) is 11.5 Å². The minimum Gasteiger partial charge on any atom is -0.259 e. The lowest BCUT2D eigenvalue weighted by Crippen LogP contribution is -2.08. The van der Waals surface area contributed by atoms with Gasteiger partial charge in [-0.2, -0.15) is 0 Å². The van der Waals surface area contributed by atoms with Gasteiger partial charge in [0.25, 0.3) is 0 Å². The van der Waals surface area contributed by atoms with Gasteiger partial charge in [0.1, 0.15) is 0 Å². The van der Waals surface area contributed by atoms with Crippen molar-refractivity contribution in [1.29, 1.82) is 0 Å². The standard InChI is InChI=1S/2C6H14OS/c2*1-4-5-8(7)6(2)3/h2*6H,4-5H2,1-3H3. The van der Waals surface area contributed by atoms with Crippen LogP contribution in [0.15, 0.2) is 0 Å². The molecular weight excluding hydrogens is 240 g/mol. The molecule has 2 nitrogen and oxygen atoms in total. The first-order chi connectivity index (χ1) is 7.36. The van der Waals surface area contributed by atoms with Crippen LogP contribution in [0.3, 0.4) is 0 Å². The van der Waals surface area contributed by atoms with Crippen molar-refractivity contribution in [1.82, 2.24) is 0 Å². The molecule has 16 heavy (non-hydrogen) atoms. The zero-order chi connectivity index (χ0) is 13.1. The van der Waals surface area contributed by atoms with Crippen LogP contribution >= 0.6 is 0 Å². The number of hydrogen-bond acceptors (Lipinski definition) is 2. The minimum absolute atomic E-state index is 0.343. The summed E-state index contributed by atoms with van der Waals surface area (Å²) in [7, 11) is -1.14. The van der Waals surface area contributed by atoms with Crippen molar-refractivity contribution in [3.8, 4) is 0 Å². The van der Waals surface area contributed by atoms with E-state index in [4.69, 9.17) is 0 Å². The Kier molecular flexibility index (Phi) is 13.7. The van der Waals surface area contributed by atoms with Crippen LogP contribution in [-0.2, 0) is 21.6 Å². The van der Waals surface area contributed by atoms with Crippen molar-refractivity contribution in [3.05, 3.63) is 0 Å². The van der Waals surface area contributed by atoms with Crippen LogP contribution in [0.25, 0.3) is 0 Å². The Morgan fingerprint density at radius 1 is 0.750 bits per heavy atom. The summed E-state index contributed by atoms with van der Waals surface area (Å²) in [6.45, 7) is 12.1. The maximum absolute atomic E-state index is 10.9. The smallest absolute Gasteiger partial charge is 0.0291 e. The molecule has 0 amide bonds. The average Bonchev–Trinajstić information content (AvgIpc) is 2.19. The second kappa shape index (κ2) is 11.8. The lowest BCUT2D eigenvalue weighted by molar-refractivity contribution is 0.674. The quantitative estimate of drug-likeness (QED) is 0.742. The van der Waals surface area contributed by atoms with Crippen molar-refractivity contribution >= 4 is 21.6 Å². The van der Waals surface area contributed by atoms with E-state index in [9.17, 15) is 8.42 Å². The maximum Gasteiger partial charge on any atom is 0.0291 e. The molecule has 0 saturated carbocycles. The summed E-state index contributed by atoms with van der Waals surface area (Å²) in [6, 6.07) is 0. The van der Waals surface area contributed by atoms with E-state index in [0.29, 0.717) is 10.5 Å². The monoisotopic (exact) mass is 268 g/mol. The van der Waals surface area contributed by atoms with Crippen LogP contribution in [0.4, 0.5) is 0 Å². The fraction of sp³-hybridized carbons (Fsp3) is 1.00. The third kappa shape index (κ3) is 12.4. The molecule has 0 aromatic heterocycles. The summed E-state index contributed by atoms with van der Waals surface area (Å²) in [5.74, 6) is 1.72. The third-order valence-corrected chi connectivity index (χ3v) is 5.59. The van der Waals surface area contributed by atoms with Gasteiger partial charge in [0.15, 0.2) is 0 Å². The summed E-state index contributed by atoms with van der Waals surface area (Å²) in [5, 5.41) is 0.685. The lowest BCUT2D eigenvalue weighted by atomic mass is 10.6. The largest absolute Gasteiger partial charge is 0.259 e. The first kappa shape index (κ1) is 18.7. The Morgan fingerprint density at radius 2 is 1.00 bits per heavy atom. The van der Waals surface area contributed by atoms with E-state index in [-0.39, 0.29) is 0 Å². The minimum atomic E-state index is -0.572. The zero-order valence-corrected chi connectivity index (χ0v) is 13.2. The van der Waals surface area contributed by atoms with E-state index in [1.165, 1.54) is 0 Å². The molecular formula is C12H28O2S2. The highest BCUT2D eigenvalue weighted by Crippen LogP contribution is 1.95. The average molecular weight is 268 g/mol. The molecule has 0 fully saturated rings. The zero-order valence-electron chi connectivity index (χ0n) is 11.6. The molecule has 0 aromatic carbocycles. The molecule has 0 aliphatic rings. The molecule has 2 atom stereocenters. The van der Waals surface area contributed by atoms with Crippen LogP contribution in [0, 0.1) is 0 Å². The Hall–Kier alpha value is 0.300. The molecule has 0 saturated heterocycles. The normalized spacial score (nSPS) is 14.5. The molecule has 0 bridgehead atoms. The van der Waals surface area contributed by atoms with Crippen LogP contribution in [-0.4, -0.2) is 30.4 Å². The first-order valence-corrected chi connectivity index (χ1v) is 8.87. The van der Waals surface area contributed by atoms with Gasteiger partial charge in [0, 0.05) is 43.6 Å². The molecule has 100 valence electrons. The fourth-order valence-corrected chi connectivity index (χ4v) is 2.62. The summed E-state index contributed by atoms with van der Waals surface area (Å²) >= 11 is 0. The van der Waals surface area contributed by atoms with E-state index in [0.717, 1.165) is 24.3 Å². The van der Waals surface area contributed by atoms with Crippen LogP contribution < -0.4 is 0 Å². The van der Waals surface area contributed by atoms with Gasteiger partial charge in [0.2, 0.25) is 0 Å². The van der Waals surface area contributed by atoms with Gasteiger partial charge in [0.05, 0.1) is 0 Å². The maximum atomic E-state index is 10.9. The van der Waals surface area contributed by atoms with Gasteiger partial charge in [-0.25, -0.2) is 0 Å². The predicted octanol–water partition coefficient (Wildman–Crippen LogP) is 3.11. The highest BCUT2D eigenvalue weighted by molar-refractivity contribution is 7.85. The Bertz CT molecular complexity index is 179. The lowest BCUT2D eigenvalue weighted by Gasteiger charge is -2.00. The molecule has 0 radical (unpaired) electrons. The van der Waals surface area contributed by atoms with Gasteiger partial charge in [-0.1, -0.05) is 41.5 Å². The van der Waals surface area contributed by atoms with Gasteiger partial charge in [-0.05, 0) is 12.8 Å². The van der Waals surface area contributed by atoms with Crippen LogP contribution in [0.5, 0.6) is 0 Å². The Labute approximate surface area is 107 Å². The summed E-state index contributed by atoms with van der Waals surface area (Å²) in [5.41, 5.74) is 0. The van der Waals surface area contributed by atoms with Crippen LogP contribution in [0.2, 0.25) is 0 Å². The van der Waals surface area contributed by atoms with Gasteiger partial charge in [-0.15, -0.1) is 0 Å². The fourth-order valence-electron chi connectivity index (χ4n) is 0.874. The molecule has 0 aromatic rings. The summed E-state index contributed by atoms with van der Waals surface area (Å²) < 4.78 is 21.7. The molecule has 0 heterocycles. The van der Waals surface area contributed by atoms with Gasteiger partial charge < -0.3 is 0 Å². The molecule has 2 unspecified atom stereocenters. The highest BCUT2D eigenvalue weighted by atomic mass is 32.2. The first-order valence-electron chi connectivity index (χ1n) is 6.11. The Morgan fingerprint density at radius 3 is 1.06 bits per heavy atom. The van der Waals surface area contributed by atoms with E-state index >= 15 is 0 Å². The number of hydrogen-bond donors (Lipinski definition) is 0. The second-order valence-electron chi connectivity index (χ2n) is 4.27. The van der Waals surface area contributed by atoms with E-state index < -0.39 is 21.6 Å². The molecule has 4 heteroatoms. The topological polar surface area (TPSA) is 34.1 Å². The molecule has 0 rings (SSSR count). The summed E-state index contributed by atoms with van der Waals surface area (Å²) in [4.78, 5) is 0. The van der Waals surface area contributed by atoms with Crippen molar-refractivity contribution in [3.63, 3.8) is 0 Å².